The van der Waals surface area contributed by atoms with Crippen molar-refractivity contribution >= 4 is 11.8 Å². The molecule has 3 heterocycles. The molecule has 262 valence electrons. The summed E-state index contributed by atoms with van der Waals surface area (Å²) in [5.41, 5.74) is 0. The molecule has 0 aromatic heterocycles. The molecule has 0 aromatic carbocycles. The molecule has 8 heteroatoms. The lowest BCUT2D eigenvalue weighted by Gasteiger charge is -2.24. The summed E-state index contributed by atoms with van der Waals surface area (Å²) in [5.74, 6) is -0.363. The van der Waals surface area contributed by atoms with E-state index in [1.54, 1.807) is 0 Å². The summed E-state index contributed by atoms with van der Waals surface area (Å²) in [7, 11) is 0. The fraction of sp³-hybridized carbons (Fsp3) is 0.946. The molecule has 3 aliphatic rings. The standard InChI is InChI=1S/C37H66O8/c1-3-16-29(39)17-12-10-11-15-20-32(41)34-22-24-36(45-34)35-23-21-33(44-35)31(40)19-14-9-7-5-4-6-8-13-18-30-26-28(25-27(2)38)37(42)43-30/h28-36,39-41H,3-26H2,1-2H3/t28?,29?,30-,31+,32-,33-,34-,35-,36-/m0/s1. The number of hydrogen-bond acceptors (Lipinski definition) is 8. The highest BCUT2D eigenvalue weighted by atomic mass is 16.6. The Morgan fingerprint density at radius 3 is 1.71 bits per heavy atom. The van der Waals surface area contributed by atoms with Gasteiger partial charge in [-0.1, -0.05) is 84.0 Å². The van der Waals surface area contributed by atoms with E-state index in [1.807, 2.05) is 0 Å². The quantitative estimate of drug-likeness (QED) is 0.0714. The van der Waals surface area contributed by atoms with E-state index in [9.17, 15) is 24.9 Å². The van der Waals surface area contributed by atoms with Crippen molar-refractivity contribution in [1.82, 2.24) is 0 Å². The van der Waals surface area contributed by atoms with Gasteiger partial charge in [-0.15, -0.1) is 0 Å². The zero-order chi connectivity index (χ0) is 32.4. The van der Waals surface area contributed by atoms with Gasteiger partial charge in [0.15, 0.2) is 0 Å². The van der Waals surface area contributed by atoms with Gasteiger partial charge in [0.2, 0.25) is 0 Å². The fourth-order valence-corrected chi connectivity index (χ4v) is 7.63. The van der Waals surface area contributed by atoms with E-state index in [0.29, 0.717) is 12.8 Å². The minimum Gasteiger partial charge on any atom is -0.462 e. The van der Waals surface area contributed by atoms with Crippen LogP contribution >= 0.6 is 0 Å². The van der Waals surface area contributed by atoms with Crippen molar-refractivity contribution in [2.24, 2.45) is 5.92 Å². The Morgan fingerprint density at radius 1 is 0.711 bits per heavy atom. The highest BCUT2D eigenvalue weighted by molar-refractivity contribution is 5.83. The first kappa shape index (κ1) is 38.4. The topological polar surface area (TPSA) is 123 Å². The van der Waals surface area contributed by atoms with Gasteiger partial charge >= 0.3 is 5.97 Å². The monoisotopic (exact) mass is 638 g/mol. The van der Waals surface area contributed by atoms with Crippen molar-refractivity contribution in [3.63, 3.8) is 0 Å². The second-order valence-corrected chi connectivity index (χ2v) is 14.5. The highest BCUT2D eigenvalue weighted by Gasteiger charge is 2.40. The van der Waals surface area contributed by atoms with Crippen LogP contribution in [0.3, 0.4) is 0 Å². The number of aliphatic hydroxyl groups excluding tert-OH is 3. The number of ketones is 1. The highest BCUT2D eigenvalue weighted by Crippen LogP contribution is 2.35. The molecule has 0 amide bonds. The maximum absolute atomic E-state index is 11.9. The second kappa shape index (κ2) is 21.7. The number of Topliss-reactive ketones (excluding diaryl/α,β-unsaturated/α-hetero) is 1. The van der Waals surface area contributed by atoms with Gasteiger partial charge in [0, 0.05) is 6.42 Å². The maximum Gasteiger partial charge on any atom is 0.309 e. The summed E-state index contributed by atoms with van der Waals surface area (Å²) in [6, 6.07) is 0. The SMILES string of the molecule is CCCC(O)CCCCCC[C@H](O)[C@@H]1CC[C@@H]([C@@H]2CC[C@@H]([C@H](O)CCCCCCCCCC[C@H]3CC(CC(C)=O)C(=O)O3)O2)O1. The number of carbonyl (C=O) groups is 2. The minimum absolute atomic E-state index is 0.00404. The summed E-state index contributed by atoms with van der Waals surface area (Å²) in [6.45, 7) is 3.64. The van der Waals surface area contributed by atoms with Crippen LogP contribution in [0.2, 0.25) is 0 Å². The number of cyclic esters (lactones) is 1. The van der Waals surface area contributed by atoms with Gasteiger partial charge in [-0.3, -0.25) is 4.79 Å². The van der Waals surface area contributed by atoms with Gasteiger partial charge < -0.3 is 34.3 Å². The lowest BCUT2D eigenvalue weighted by atomic mass is 9.96. The van der Waals surface area contributed by atoms with Crippen LogP contribution in [0.1, 0.15) is 168 Å². The van der Waals surface area contributed by atoms with Crippen molar-refractivity contribution in [3.8, 4) is 0 Å². The molecular formula is C37H66O8. The number of hydrogen-bond donors (Lipinski definition) is 3. The summed E-state index contributed by atoms with van der Waals surface area (Å²) in [5, 5.41) is 31.3. The minimum atomic E-state index is -0.422. The number of rotatable bonds is 25. The van der Waals surface area contributed by atoms with Gasteiger partial charge in [-0.05, 0) is 77.6 Å². The van der Waals surface area contributed by atoms with Gasteiger partial charge in [0.05, 0.1) is 48.6 Å². The van der Waals surface area contributed by atoms with E-state index >= 15 is 0 Å². The number of ether oxygens (including phenoxy) is 3. The van der Waals surface area contributed by atoms with E-state index in [2.05, 4.69) is 6.92 Å². The predicted molar refractivity (Wildman–Crippen MR) is 176 cm³/mol. The zero-order valence-corrected chi connectivity index (χ0v) is 28.5. The van der Waals surface area contributed by atoms with Crippen LogP contribution in [-0.2, 0) is 23.8 Å². The molecule has 3 saturated heterocycles. The molecule has 0 spiro atoms. The Bertz CT molecular complexity index is 820. The van der Waals surface area contributed by atoms with Crippen molar-refractivity contribution in [2.45, 2.75) is 217 Å². The average molecular weight is 639 g/mol. The van der Waals surface area contributed by atoms with Crippen LogP contribution < -0.4 is 0 Å². The third-order valence-corrected chi connectivity index (χ3v) is 10.3. The van der Waals surface area contributed by atoms with Crippen LogP contribution in [0.15, 0.2) is 0 Å². The smallest absolute Gasteiger partial charge is 0.309 e. The number of aliphatic hydroxyl groups is 3. The van der Waals surface area contributed by atoms with Crippen molar-refractivity contribution in [1.29, 1.82) is 0 Å². The van der Waals surface area contributed by atoms with Crippen molar-refractivity contribution in [3.05, 3.63) is 0 Å². The Labute approximate surface area is 273 Å². The average Bonchev–Trinajstić information content (AvgIpc) is 3.76. The second-order valence-electron chi connectivity index (χ2n) is 14.5. The zero-order valence-electron chi connectivity index (χ0n) is 28.5. The Morgan fingerprint density at radius 2 is 1.20 bits per heavy atom. The van der Waals surface area contributed by atoms with Crippen LogP contribution in [-0.4, -0.2) is 75.9 Å². The lowest BCUT2D eigenvalue weighted by molar-refractivity contribution is -0.145. The third kappa shape index (κ3) is 14.7. The van der Waals surface area contributed by atoms with Crippen LogP contribution in [0.5, 0.6) is 0 Å². The first-order chi connectivity index (χ1) is 21.8. The molecule has 0 aliphatic carbocycles. The van der Waals surface area contributed by atoms with Gasteiger partial charge in [0.25, 0.3) is 0 Å². The molecule has 0 radical (unpaired) electrons. The van der Waals surface area contributed by atoms with E-state index in [4.69, 9.17) is 14.2 Å². The summed E-state index contributed by atoms with van der Waals surface area (Å²) in [6.07, 6.45) is 22.2. The lowest BCUT2D eigenvalue weighted by Crippen LogP contribution is -2.33. The molecule has 45 heavy (non-hydrogen) atoms. The maximum atomic E-state index is 11.9. The molecule has 3 rings (SSSR count). The predicted octanol–water partition coefficient (Wildman–Crippen LogP) is 7.12. The van der Waals surface area contributed by atoms with Gasteiger partial charge in [-0.25, -0.2) is 0 Å². The summed E-state index contributed by atoms with van der Waals surface area (Å²) >= 11 is 0. The van der Waals surface area contributed by atoms with Crippen molar-refractivity contribution < 1.29 is 39.1 Å². The Balaban J connectivity index is 1.13. The van der Waals surface area contributed by atoms with Crippen LogP contribution in [0, 0.1) is 5.92 Å². The summed E-state index contributed by atoms with van der Waals surface area (Å²) in [4.78, 5) is 23.1. The molecule has 9 atom stereocenters. The number of carbonyl (C=O) groups excluding carboxylic acids is 2. The molecule has 2 unspecified atom stereocenters. The normalized spacial score (nSPS) is 28.8. The number of unbranched alkanes of at least 4 members (excludes halogenated alkanes) is 10. The molecule has 3 fully saturated rings. The van der Waals surface area contributed by atoms with Crippen molar-refractivity contribution in [2.75, 3.05) is 0 Å². The Hall–Kier alpha value is -1.06. The van der Waals surface area contributed by atoms with E-state index in [0.717, 1.165) is 116 Å². The van der Waals surface area contributed by atoms with E-state index in [-0.39, 0.29) is 54.3 Å². The van der Waals surface area contributed by atoms with E-state index in [1.165, 1.54) is 32.6 Å². The van der Waals surface area contributed by atoms with Gasteiger partial charge in [0.1, 0.15) is 11.9 Å². The molecule has 3 aliphatic heterocycles. The van der Waals surface area contributed by atoms with Crippen LogP contribution in [0.25, 0.3) is 0 Å². The molecule has 0 bridgehead atoms. The van der Waals surface area contributed by atoms with Gasteiger partial charge in [-0.2, -0.15) is 0 Å². The Kier molecular flexibility index (Phi) is 18.5. The molecule has 0 saturated carbocycles. The molecule has 3 N–H and O–H groups in total. The third-order valence-electron chi connectivity index (χ3n) is 10.3. The summed E-state index contributed by atoms with van der Waals surface area (Å²) < 4.78 is 18.0. The molecule has 0 aromatic rings. The number of esters is 1. The molecule has 8 nitrogen and oxygen atoms in total. The first-order valence-corrected chi connectivity index (χ1v) is 18.8. The first-order valence-electron chi connectivity index (χ1n) is 18.8. The fourth-order valence-electron chi connectivity index (χ4n) is 7.63. The molecular weight excluding hydrogens is 572 g/mol. The van der Waals surface area contributed by atoms with E-state index < -0.39 is 12.2 Å². The van der Waals surface area contributed by atoms with Crippen LogP contribution in [0.4, 0.5) is 0 Å². The largest absolute Gasteiger partial charge is 0.462 e.